The first-order valence-corrected chi connectivity index (χ1v) is 12.3. The summed E-state index contributed by atoms with van der Waals surface area (Å²) in [5.74, 6) is -0.352. The average molecular weight is 457 g/mol. The second-order valence-corrected chi connectivity index (χ2v) is 10.7. The van der Waals surface area contributed by atoms with E-state index in [0.717, 1.165) is 34.4 Å². The van der Waals surface area contributed by atoms with E-state index in [-0.39, 0.29) is 10.9 Å². The van der Waals surface area contributed by atoms with Crippen LogP contribution in [0.1, 0.15) is 50.4 Å². The summed E-state index contributed by atoms with van der Waals surface area (Å²) in [6.45, 7) is 6.14. The molecule has 1 fully saturated rings. The van der Waals surface area contributed by atoms with Crippen LogP contribution in [0.25, 0.3) is 0 Å². The van der Waals surface area contributed by atoms with E-state index in [4.69, 9.17) is 0 Å². The van der Waals surface area contributed by atoms with Crippen molar-refractivity contribution in [2.24, 2.45) is 0 Å². The van der Waals surface area contributed by atoms with Crippen LogP contribution in [0, 0.1) is 20.8 Å². The number of carbonyl (C=O) groups is 1. The minimum absolute atomic E-state index is 0.214. The van der Waals surface area contributed by atoms with Crippen LogP contribution in [0.5, 0.6) is 0 Å². The zero-order chi connectivity index (χ0) is 22.2. The summed E-state index contributed by atoms with van der Waals surface area (Å²) >= 11 is 1.14. The van der Waals surface area contributed by atoms with E-state index in [1.165, 1.54) is 4.31 Å². The summed E-state index contributed by atoms with van der Waals surface area (Å²) < 4.78 is 28.2. The lowest BCUT2D eigenvalue weighted by Crippen LogP contribution is -2.31. The standard InChI is InChI=1S/C22H24N4O3S2/c1-14-6-9-17(10-7-14)23-20(27)22-25-24-21(30-22)18-5-4-12-26(18)31(28,29)19-11-8-15(2)13-16(19)3/h6-11,13,18H,4-5,12H2,1-3H3,(H,23,27). The maximum Gasteiger partial charge on any atom is 0.286 e. The molecular formula is C22H24N4O3S2. The second-order valence-electron chi connectivity index (χ2n) is 7.81. The van der Waals surface area contributed by atoms with Gasteiger partial charge in [-0.2, -0.15) is 4.31 Å². The molecule has 1 aromatic heterocycles. The molecule has 1 saturated heterocycles. The van der Waals surface area contributed by atoms with Gasteiger partial charge in [-0.3, -0.25) is 4.79 Å². The van der Waals surface area contributed by atoms with Crippen molar-refractivity contribution in [2.75, 3.05) is 11.9 Å². The van der Waals surface area contributed by atoms with Gasteiger partial charge in [-0.25, -0.2) is 8.42 Å². The van der Waals surface area contributed by atoms with E-state index in [1.807, 2.05) is 57.2 Å². The van der Waals surface area contributed by atoms with Crippen molar-refractivity contribution in [3.8, 4) is 0 Å². The fourth-order valence-corrected chi connectivity index (χ4v) is 6.59. The lowest BCUT2D eigenvalue weighted by molar-refractivity contribution is 0.102. The molecule has 1 aliphatic rings. The Balaban J connectivity index is 1.56. The molecule has 0 saturated carbocycles. The number of amides is 1. The van der Waals surface area contributed by atoms with E-state index in [9.17, 15) is 13.2 Å². The van der Waals surface area contributed by atoms with Crippen molar-refractivity contribution in [3.05, 3.63) is 69.2 Å². The highest BCUT2D eigenvalue weighted by atomic mass is 32.2. The van der Waals surface area contributed by atoms with Crippen LogP contribution in [-0.2, 0) is 10.0 Å². The summed E-state index contributed by atoms with van der Waals surface area (Å²) in [6.07, 6.45) is 1.39. The zero-order valence-electron chi connectivity index (χ0n) is 17.6. The molecule has 4 rings (SSSR count). The number of aryl methyl sites for hydroxylation is 3. The third-order valence-electron chi connectivity index (χ3n) is 5.35. The fourth-order valence-electron chi connectivity index (χ4n) is 3.77. The number of rotatable bonds is 5. The van der Waals surface area contributed by atoms with Gasteiger partial charge in [-0.1, -0.05) is 46.7 Å². The molecule has 1 atom stereocenters. The summed E-state index contributed by atoms with van der Waals surface area (Å²) in [4.78, 5) is 12.9. The molecule has 31 heavy (non-hydrogen) atoms. The minimum atomic E-state index is -3.68. The van der Waals surface area contributed by atoms with Gasteiger partial charge < -0.3 is 5.32 Å². The number of carbonyl (C=O) groups excluding carboxylic acids is 1. The van der Waals surface area contributed by atoms with Gasteiger partial charge in [0.25, 0.3) is 5.91 Å². The number of nitrogens with one attached hydrogen (secondary N) is 1. The number of hydrogen-bond donors (Lipinski definition) is 1. The monoisotopic (exact) mass is 456 g/mol. The summed E-state index contributed by atoms with van der Waals surface area (Å²) in [6, 6.07) is 12.4. The van der Waals surface area contributed by atoms with Crippen LogP contribution in [0.2, 0.25) is 0 Å². The first-order chi connectivity index (χ1) is 14.8. The predicted octanol–water partition coefficient (Wildman–Crippen LogP) is 4.24. The topological polar surface area (TPSA) is 92.3 Å². The molecule has 1 aliphatic heterocycles. The molecule has 1 unspecified atom stereocenters. The quantitative estimate of drug-likeness (QED) is 0.620. The number of hydrogen-bond acceptors (Lipinski definition) is 6. The number of anilines is 1. The minimum Gasteiger partial charge on any atom is -0.320 e. The molecular weight excluding hydrogens is 432 g/mol. The van der Waals surface area contributed by atoms with Crippen LogP contribution in [-0.4, -0.2) is 35.4 Å². The number of sulfonamides is 1. The van der Waals surface area contributed by atoms with Crippen molar-refractivity contribution >= 4 is 33.0 Å². The van der Waals surface area contributed by atoms with Gasteiger partial charge in [0, 0.05) is 12.2 Å². The van der Waals surface area contributed by atoms with E-state index in [2.05, 4.69) is 15.5 Å². The predicted molar refractivity (Wildman–Crippen MR) is 121 cm³/mol. The second kappa shape index (κ2) is 8.49. The third kappa shape index (κ3) is 4.39. The van der Waals surface area contributed by atoms with Crippen molar-refractivity contribution in [1.82, 2.24) is 14.5 Å². The van der Waals surface area contributed by atoms with E-state index in [0.29, 0.717) is 28.6 Å². The maximum atomic E-state index is 13.4. The van der Waals surface area contributed by atoms with Crippen molar-refractivity contribution in [1.29, 1.82) is 0 Å². The van der Waals surface area contributed by atoms with Gasteiger partial charge in [-0.05, 0) is 57.4 Å². The molecule has 3 aromatic rings. The van der Waals surface area contributed by atoms with Crippen LogP contribution >= 0.6 is 11.3 Å². The highest BCUT2D eigenvalue weighted by Crippen LogP contribution is 2.38. The molecule has 0 radical (unpaired) electrons. The number of benzene rings is 2. The Morgan fingerprint density at radius 3 is 2.48 bits per heavy atom. The summed E-state index contributed by atoms with van der Waals surface area (Å²) in [5.41, 5.74) is 3.51. The van der Waals surface area contributed by atoms with Gasteiger partial charge in [0.15, 0.2) is 0 Å². The first kappa shape index (κ1) is 21.6. The Bertz CT molecular complexity index is 1220. The highest BCUT2D eigenvalue weighted by molar-refractivity contribution is 7.89. The fraction of sp³-hybridized carbons (Fsp3) is 0.318. The molecule has 0 bridgehead atoms. The normalized spacial score (nSPS) is 17.1. The summed E-state index contributed by atoms with van der Waals surface area (Å²) in [5, 5.41) is 11.8. The van der Waals surface area contributed by atoms with Crippen molar-refractivity contribution in [2.45, 2.75) is 44.6 Å². The van der Waals surface area contributed by atoms with Gasteiger partial charge >= 0.3 is 0 Å². The molecule has 0 spiro atoms. The Hall–Kier alpha value is -2.62. The number of aromatic nitrogens is 2. The van der Waals surface area contributed by atoms with Gasteiger partial charge in [0.2, 0.25) is 15.0 Å². The SMILES string of the molecule is Cc1ccc(NC(=O)c2nnc(C3CCCN3S(=O)(=O)c3ccc(C)cc3C)s2)cc1. The molecule has 1 amide bonds. The molecule has 7 nitrogen and oxygen atoms in total. The zero-order valence-corrected chi connectivity index (χ0v) is 19.3. The molecule has 0 aliphatic carbocycles. The van der Waals surface area contributed by atoms with Gasteiger partial charge in [-0.15, -0.1) is 10.2 Å². The number of nitrogens with zero attached hydrogens (tertiary/aromatic N) is 3. The largest absolute Gasteiger partial charge is 0.320 e. The average Bonchev–Trinajstić information content (AvgIpc) is 3.39. The highest BCUT2D eigenvalue weighted by Gasteiger charge is 2.39. The Morgan fingerprint density at radius 2 is 1.77 bits per heavy atom. The molecule has 9 heteroatoms. The Kier molecular flexibility index (Phi) is 5.92. The van der Waals surface area contributed by atoms with E-state index in [1.54, 1.807) is 6.07 Å². The Labute approximate surface area is 186 Å². The van der Waals surface area contributed by atoms with Gasteiger partial charge in [0.05, 0.1) is 10.9 Å². The lowest BCUT2D eigenvalue weighted by atomic mass is 10.2. The molecule has 2 heterocycles. The van der Waals surface area contributed by atoms with Crippen LogP contribution in [0.4, 0.5) is 5.69 Å². The molecule has 162 valence electrons. The van der Waals surface area contributed by atoms with Crippen LogP contribution in [0.3, 0.4) is 0 Å². The molecule has 1 N–H and O–H groups in total. The molecule has 2 aromatic carbocycles. The first-order valence-electron chi connectivity index (χ1n) is 10.1. The van der Waals surface area contributed by atoms with E-state index >= 15 is 0 Å². The third-order valence-corrected chi connectivity index (χ3v) is 8.44. The van der Waals surface area contributed by atoms with Crippen LogP contribution < -0.4 is 5.32 Å². The van der Waals surface area contributed by atoms with Gasteiger partial charge in [0.1, 0.15) is 5.01 Å². The van der Waals surface area contributed by atoms with Crippen molar-refractivity contribution < 1.29 is 13.2 Å². The van der Waals surface area contributed by atoms with E-state index < -0.39 is 16.1 Å². The van der Waals surface area contributed by atoms with Crippen molar-refractivity contribution in [3.63, 3.8) is 0 Å². The summed E-state index contributed by atoms with van der Waals surface area (Å²) in [7, 11) is -3.68. The maximum absolute atomic E-state index is 13.4. The smallest absolute Gasteiger partial charge is 0.286 e. The lowest BCUT2D eigenvalue weighted by Gasteiger charge is -2.23. The van der Waals surface area contributed by atoms with Crippen LogP contribution in [0.15, 0.2) is 47.4 Å². The Morgan fingerprint density at radius 1 is 1.06 bits per heavy atom.